The SMILES string of the molecule is CCCc1c[c][c]cc1CCC. The average Bonchev–Trinajstić information content (AvgIpc) is 2.09. The van der Waals surface area contributed by atoms with Gasteiger partial charge < -0.3 is 0 Å². The average molecular weight is 160 g/mol. The van der Waals surface area contributed by atoms with E-state index in [0.717, 1.165) is 0 Å². The molecule has 0 heterocycles. The lowest BCUT2D eigenvalue weighted by Gasteiger charge is -2.05. The van der Waals surface area contributed by atoms with Crippen LogP contribution in [0.25, 0.3) is 0 Å². The highest BCUT2D eigenvalue weighted by Gasteiger charge is 1.98. The Bertz CT molecular complexity index is 200. The molecular weight excluding hydrogens is 144 g/mol. The Hall–Kier alpha value is -0.780. The van der Waals surface area contributed by atoms with Crippen LogP contribution in [0.2, 0.25) is 0 Å². The van der Waals surface area contributed by atoms with Crippen LogP contribution in [0.15, 0.2) is 12.1 Å². The molecule has 0 heteroatoms. The van der Waals surface area contributed by atoms with E-state index in [9.17, 15) is 0 Å². The number of hydrogen-bond donors (Lipinski definition) is 0. The third-order valence-corrected chi connectivity index (χ3v) is 2.03. The second kappa shape index (κ2) is 4.97. The summed E-state index contributed by atoms with van der Waals surface area (Å²) < 4.78 is 0. The van der Waals surface area contributed by atoms with E-state index < -0.39 is 0 Å². The standard InChI is InChI=1S/C12H16/c1-3-7-11-9-5-6-10-12(11)8-4-2/h9-10H,3-4,7-8H2,1-2H3. The molecule has 0 nitrogen and oxygen atoms in total. The monoisotopic (exact) mass is 160 g/mol. The van der Waals surface area contributed by atoms with Gasteiger partial charge in [-0.1, -0.05) is 38.8 Å². The largest absolute Gasteiger partial charge is 0.0651 e. The summed E-state index contributed by atoms with van der Waals surface area (Å²) in [4.78, 5) is 0. The van der Waals surface area contributed by atoms with Crippen molar-refractivity contribution >= 4 is 0 Å². The molecule has 0 N–H and O–H groups in total. The first-order valence-corrected chi connectivity index (χ1v) is 4.78. The minimum absolute atomic E-state index is 1.18. The third-order valence-electron chi connectivity index (χ3n) is 2.03. The van der Waals surface area contributed by atoms with Crippen molar-refractivity contribution in [3.8, 4) is 0 Å². The number of benzene rings is 1. The van der Waals surface area contributed by atoms with Crippen LogP contribution in [0.5, 0.6) is 0 Å². The molecular formula is C12H16. The van der Waals surface area contributed by atoms with Crippen LogP contribution in [0, 0.1) is 12.1 Å². The summed E-state index contributed by atoms with van der Waals surface area (Å²) in [5, 5.41) is 0. The molecule has 0 bridgehead atoms. The molecule has 12 heavy (non-hydrogen) atoms. The van der Waals surface area contributed by atoms with Gasteiger partial charge in [0.2, 0.25) is 0 Å². The number of rotatable bonds is 4. The molecule has 0 fully saturated rings. The quantitative estimate of drug-likeness (QED) is 0.634. The molecule has 1 rings (SSSR count). The van der Waals surface area contributed by atoms with Gasteiger partial charge in [0.05, 0.1) is 0 Å². The van der Waals surface area contributed by atoms with E-state index in [1.54, 1.807) is 0 Å². The summed E-state index contributed by atoms with van der Waals surface area (Å²) in [6.45, 7) is 4.43. The molecule has 0 unspecified atom stereocenters. The van der Waals surface area contributed by atoms with Crippen LogP contribution in [0.4, 0.5) is 0 Å². The van der Waals surface area contributed by atoms with Gasteiger partial charge >= 0.3 is 0 Å². The van der Waals surface area contributed by atoms with Crippen molar-refractivity contribution in [2.24, 2.45) is 0 Å². The third kappa shape index (κ3) is 2.37. The van der Waals surface area contributed by atoms with Crippen molar-refractivity contribution in [2.45, 2.75) is 39.5 Å². The smallest absolute Gasteiger partial charge is 0.00959 e. The molecule has 1 aromatic rings. The highest BCUT2D eigenvalue weighted by molar-refractivity contribution is 5.26. The maximum atomic E-state index is 3.02. The van der Waals surface area contributed by atoms with Gasteiger partial charge in [-0.15, -0.1) is 0 Å². The van der Waals surface area contributed by atoms with Crippen LogP contribution in [0.1, 0.15) is 37.8 Å². The normalized spacial score (nSPS) is 10.2. The topological polar surface area (TPSA) is 0 Å². The summed E-state index contributed by atoms with van der Waals surface area (Å²) in [7, 11) is 0. The van der Waals surface area contributed by atoms with E-state index in [-0.39, 0.29) is 0 Å². The zero-order chi connectivity index (χ0) is 8.81. The van der Waals surface area contributed by atoms with E-state index in [1.165, 1.54) is 36.8 Å². The summed E-state index contributed by atoms with van der Waals surface area (Å²) in [5.41, 5.74) is 2.91. The Labute approximate surface area is 75.6 Å². The highest BCUT2D eigenvalue weighted by Crippen LogP contribution is 2.12. The summed E-state index contributed by atoms with van der Waals surface area (Å²) >= 11 is 0. The fourth-order valence-corrected chi connectivity index (χ4v) is 1.45. The van der Waals surface area contributed by atoms with Gasteiger partial charge in [-0.3, -0.25) is 0 Å². The van der Waals surface area contributed by atoms with Crippen molar-refractivity contribution in [1.29, 1.82) is 0 Å². The Morgan fingerprint density at radius 2 is 1.33 bits per heavy atom. The van der Waals surface area contributed by atoms with Gasteiger partial charge in [-0.05, 0) is 36.1 Å². The molecule has 0 saturated heterocycles. The molecule has 0 amide bonds. The summed E-state index contributed by atoms with van der Waals surface area (Å²) in [5.74, 6) is 0. The minimum Gasteiger partial charge on any atom is -0.0651 e. The molecule has 0 aliphatic carbocycles. The number of hydrogen-bond acceptors (Lipinski definition) is 0. The summed E-state index contributed by atoms with van der Waals surface area (Å²) in [6, 6.07) is 10.2. The van der Waals surface area contributed by atoms with E-state index in [2.05, 4.69) is 38.1 Å². The summed E-state index contributed by atoms with van der Waals surface area (Å²) in [6.07, 6.45) is 4.80. The molecule has 0 spiro atoms. The van der Waals surface area contributed by atoms with Crippen LogP contribution in [-0.4, -0.2) is 0 Å². The first-order valence-electron chi connectivity index (χ1n) is 4.78. The Kier molecular flexibility index (Phi) is 3.86. The second-order valence-electron chi connectivity index (χ2n) is 3.13. The zero-order valence-corrected chi connectivity index (χ0v) is 7.98. The molecule has 1 aromatic carbocycles. The maximum Gasteiger partial charge on any atom is -0.00959 e. The second-order valence-corrected chi connectivity index (χ2v) is 3.13. The molecule has 0 aliphatic rings. The lowest BCUT2D eigenvalue weighted by atomic mass is 10.00. The van der Waals surface area contributed by atoms with Crippen molar-refractivity contribution in [3.63, 3.8) is 0 Å². The van der Waals surface area contributed by atoms with Gasteiger partial charge in [0.1, 0.15) is 0 Å². The Morgan fingerprint density at radius 1 is 0.917 bits per heavy atom. The van der Waals surface area contributed by atoms with E-state index in [1.807, 2.05) is 0 Å². The number of aryl methyl sites for hydroxylation is 2. The lowest BCUT2D eigenvalue weighted by molar-refractivity contribution is 0.860. The van der Waals surface area contributed by atoms with Crippen molar-refractivity contribution in [2.75, 3.05) is 0 Å². The van der Waals surface area contributed by atoms with Crippen molar-refractivity contribution < 1.29 is 0 Å². The molecule has 0 saturated carbocycles. The Morgan fingerprint density at radius 3 is 1.67 bits per heavy atom. The van der Waals surface area contributed by atoms with Crippen LogP contribution in [-0.2, 0) is 12.8 Å². The first-order chi connectivity index (χ1) is 5.88. The lowest BCUT2D eigenvalue weighted by Crippen LogP contribution is -1.92. The molecule has 0 aromatic heterocycles. The van der Waals surface area contributed by atoms with Gasteiger partial charge in [0.15, 0.2) is 0 Å². The fourth-order valence-electron chi connectivity index (χ4n) is 1.45. The van der Waals surface area contributed by atoms with Crippen LogP contribution in [0.3, 0.4) is 0 Å². The van der Waals surface area contributed by atoms with Crippen molar-refractivity contribution in [3.05, 3.63) is 35.4 Å². The maximum absolute atomic E-state index is 3.02. The van der Waals surface area contributed by atoms with Gasteiger partial charge in [-0.2, -0.15) is 0 Å². The molecule has 0 atom stereocenters. The van der Waals surface area contributed by atoms with Gasteiger partial charge in [-0.25, -0.2) is 0 Å². The predicted molar refractivity (Wildman–Crippen MR) is 52.1 cm³/mol. The van der Waals surface area contributed by atoms with Crippen LogP contribution < -0.4 is 0 Å². The molecule has 2 radical (unpaired) electrons. The van der Waals surface area contributed by atoms with Gasteiger partial charge in [0, 0.05) is 0 Å². The van der Waals surface area contributed by atoms with Crippen LogP contribution >= 0.6 is 0 Å². The fraction of sp³-hybridized carbons (Fsp3) is 0.500. The Balaban J connectivity index is 2.77. The van der Waals surface area contributed by atoms with E-state index >= 15 is 0 Å². The van der Waals surface area contributed by atoms with E-state index in [4.69, 9.17) is 0 Å². The van der Waals surface area contributed by atoms with Crippen molar-refractivity contribution in [1.82, 2.24) is 0 Å². The highest BCUT2D eigenvalue weighted by atomic mass is 14.0. The zero-order valence-electron chi connectivity index (χ0n) is 7.98. The predicted octanol–water partition coefficient (Wildman–Crippen LogP) is 3.19. The minimum atomic E-state index is 1.18. The molecule has 0 aliphatic heterocycles. The molecule has 64 valence electrons. The van der Waals surface area contributed by atoms with Gasteiger partial charge in [0.25, 0.3) is 0 Å². The van der Waals surface area contributed by atoms with E-state index in [0.29, 0.717) is 0 Å². The first kappa shape index (κ1) is 9.31.